The molecule has 0 saturated carbocycles. The third kappa shape index (κ3) is 2.45. The summed E-state index contributed by atoms with van der Waals surface area (Å²) in [7, 11) is -3.56. The fourth-order valence-corrected chi connectivity index (χ4v) is 3.78. The van der Waals surface area contributed by atoms with Gasteiger partial charge in [0.05, 0.1) is 21.9 Å². The van der Waals surface area contributed by atoms with Gasteiger partial charge in [-0.1, -0.05) is 17.7 Å². The van der Waals surface area contributed by atoms with Gasteiger partial charge in [-0.2, -0.15) is 0 Å². The van der Waals surface area contributed by atoms with Crippen LogP contribution in [0.2, 0.25) is 0 Å². The van der Waals surface area contributed by atoms with E-state index in [-0.39, 0.29) is 15.7 Å². The Hall–Kier alpha value is -1.78. The number of hydrogen-bond donors (Lipinski definition) is 0. The maximum atomic E-state index is 12.7. The average molecular weight is 321 g/mol. The van der Waals surface area contributed by atoms with Gasteiger partial charge in [0.1, 0.15) is 5.58 Å². The predicted molar refractivity (Wildman–Crippen MR) is 82.4 cm³/mol. The van der Waals surface area contributed by atoms with Crippen LogP contribution in [-0.2, 0) is 15.7 Å². The average Bonchev–Trinajstić information content (AvgIpc) is 2.95. The molecule has 0 unspecified atom stereocenters. The van der Waals surface area contributed by atoms with Crippen LogP contribution in [0, 0.1) is 6.92 Å². The van der Waals surface area contributed by atoms with Crippen LogP contribution in [0.25, 0.3) is 11.0 Å². The topological polar surface area (TPSA) is 47.3 Å². The first kappa shape index (κ1) is 14.2. The van der Waals surface area contributed by atoms with Crippen molar-refractivity contribution in [1.29, 1.82) is 0 Å². The number of furan rings is 1. The van der Waals surface area contributed by atoms with Crippen LogP contribution in [0.15, 0.2) is 62.9 Å². The number of rotatable bonds is 3. The molecule has 0 aliphatic heterocycles. The molecule has 0 atom stereocenters. The van der Waals surface area contributed by atoms with Gasteiger partial charge in [-0.3, -0.25) is 0 Å². The molecule has 0 spiro atoms. The van der Waals surface area contributed by atoms with Crippen molar-refractivity contribution in [3.05, 3.63) is 59.9 Å². The highest BCUT2D eigenvalue weighted by atomic mass is 35.5. The molecule has 3 nitrogen and oxygen atoms in total. The number of alkyl halides is 1. The first-order chi connectivity index (χ1) is 10.0. The van der Waals surface area contributed by atoms with Crippen molar-refractivity contribution in [2.75, 3.05) is 0 Å². The number of sulfone groups is 1. The lowest BCUT2D eigenvalue weighted by atomic mass is 10.2. The lowest BCUT2D eigenvalue weighted by Gasteiger charge is -2.07. The summed E-state index contributed by atoms with van der Waals surface area (Å²) in [5, 5.41) is 0.735. The summed E-state index contributed by atoms with van der Waals surface area (Å²) in [5.74, 6) is 0.196. The van der Waals surface area contributed by atoms with Crippen molar-refractivity contribution >= 4 is 32.4 Å². The monoisotopic (exact) mass is 320 g/mol. The van der Waals surface area contributed by atoms with Crippen LogP contribution in [0.1, 0.15) is 11.1 Å². The molecule has 0 aliphatic carbocycles. The standard InChI is InChI=1S/C16H13ClO3S/c1-11-2-4-14(5-3-11)21(18,19)15-8-12-6-7-20-16(12)13(9-15)10-17/h2-9H,10H2,1H3. The Kier molecular flexibility index (Phi) is 3.51. The highest BCUT2D eigenvalue weighted by Crippen LogP contribution is 2.29. The summed E-state index contributed by atoms with van der Waals surface area (Å²) in [6.45, 7) is 1.92. The largest absolute Gasteiger partial charge is 0.464 e. The van der Waals surface area contributed by atoms with Crippen molar-refractivity contribution in [2.45, 2.75) is 22.6 Å². The Morgan fingerprint density at radius 3 is 2.43 bits per heavy atom. The Bertz CT molecular complexity index is 893. The normalized spacial score (nSPS) is 11.9. The SMILES string of the molecule is Cc1ccc(S(=O)(=O)c2cc(CCl)c3occc3c2)cc1. The van der Waals surface area contributed by atoms with Crippen LogP contribution in [0.5, 0.6) is 0 Å². The summed E-state index contributed by atoms with van der Waals surface area (Å²) < 4.78 is 30.8. The summed E-state index contributed by atoms with van der Waals surface area (Å²) in [6, 6.07) is 11.7. The molecule has 0 fully saturated rings. The molecule has 21 heavy (non-hydrogen) atoms. The first-order valence-corrected chi connectivity index (χ1v) is 8.42. The summed E-state index contributed by atoms with van der Waals surface area (Å²) in [4.78, 5) is 0.507. The van der Waals surface area contributed by atoms with E-state index in [1.165, 1.54) is 6.26 Å². The van der Waals surface area contributed by atoms with Gasteiger partial charge < -0.3 is 4.42 Å². The van der Waals surface area contributed by atoms with Gasteiger partial charge in [-0.15, -0.1) is 11.6 Å². The number of benzene rings is 2. The van der Waals surface area contributed by atoms with E-state index in [4.69, 9.17) is 16.0 Å². The molecule has 3 aromatic rings. The molecule has 0 radical (unpaired) electrons. The van der Waals surface area contributed by atoms with Gasteiger partial charge >= 0.3 is 0 Å². The second-order valence-electron chi connectivity index (χ2n) is 4.87. The van der Waals surface area contributed by atoms with E-state index < -0.39 is 9.84 Å². The maximum absolute atomic E-state index is 12.7. The minimum Gasteiger partial charge on any atom is -0.464 e. The van der Waals surface area contributed by atoms with Gasteiger partial charge in [-0.25, -0.2) is 8.42 Å². The smallest absolute Gasteiger partial charge is 0.206 e. The highest BCUT2D eigenvalue weighted by Gasteiger charge is 2.20. The summed E-state index contributed by atoms with van der Waals surface area (Å²) in [6.07, 6.45) is 1.53. The number of hydrogen-bond acceptors (Lipinski definition) is 3. The molecule has 0 saturated heterocycles. The first-order valence-electron chi connectivity index (χ1n) is 6.40. The fraction of sp³-hybridized carbons (Fsp3) is 0.125. The zero-order chi connectivity index (χ0) is 15.0. The lowest BCUT2D eigenvalue weighted by molar-refractivity contribution is 0.595. The van der Waals surface area contributed by atoms with E-state index in [9.17, 15) is 8.42 Å². The van der Waals surface area contributed by atoms with E-state index in [0.717, 1.165) is 10.9 Å². The van der Waals surface area contributed by atoms with Crippen LogP contribution >= 0.6 is 11.6 Å². The van der Waals surface area contributed by atoms with Crippen molar-refractivity contribution in [2.24, 2.45) is 0 Å². The van der Waals surface area contributed by atoms with Crippen molar-refractivity contribution in [1.82, 2.24) is 0 Å². The van der Waals surface area contributed by atoms with E-state index in [2.05, 4.69) is 0 Å². The van der Waals surface area contributed by atoms with Gasteiger partial charge in [-0.05, 0) is 37.3 Å². The van der Waals surface area contributed by atoms with Crippen molar-refractivity contribution < 1.29 is 12.8 Å². The number of aryl methyl sites for hydroxylation is 1. The molecule has 0 aliphatic rings. The van der Waals surface area contributed by atoms with Crippen LogP contribution < -0.4 is 0 Å². The van der Waals surface area contributed by atoms with E-state index in [1.807, 2.05) is 6.92 Å². The molecule has 1 aromatic heterocycles. The Morgan fingerprint density at radius 1 is 1.05 bits per heavy atom. The predicted octanol–water partition coefficient (Wildman–Crippen LogP) is 4.31. The second-order valence-corrected chi connectivity index (χ2v) is 7.09. The molecule has 5 heteroatoms. The molecule has 1 heterocycles. The summed E-state index contributed by atoms with van der Waals surface area (Å²) >= 11 is 5.90. The van der Waals surface area contributed by atoms with Gasteiger partial charge in [0.2, 0.25) is 9.84 Å². The van der Waals surface area contributed by atoms with Crippen LogP contribution in [0.4, 0.5) is 0 Å². The van der Waals surface area contributed by atoms with Gasteiger partial charge in [0.25, 0.3) is 0 Å². The van der Waals surface area contributed by atoms with E-state index in [1.54, 1.807) is 42.5 Å². The van der Waals surface area contributed by atoms with Gasteiger partial charge in [0.15, 0.2) is 0 Å². The molecule has 2 aromatic carbocycles. The minimum absolute atomic E-state index is 0.196. The lowest BCUT2D eigenvalue weighted by Crippen LogP contribution is -2.02. The zero-order valence-corrected chi connectivity index (χ0v) is 12.9. The van der Waals surface area contributed by atoms with Crippen molar-refractivity contribution in [3.8, 4) is 0 Å². The molecule has 108 valence electrons. The maximum Gasteiger partial charge on any atom is 0.206 e. The molecule has 0 bridgehead atoms. The van der Waals surface area contributed by atoms with Crippen LogP contribution in [-0.4, -0.2) is 8.42 Å². The van der Waals surface area contributed by atoms with E-state index in [0.29, 0.717) is 11.1 Å². The highest BCUT2D eigenvalue weighted by molar-refractivity contribution is 7.91. The van der Waals surface area contributed by atoms with E-state index >= 15 is 0 Å². The van der Waals surface area contributed by atoms with Crippen molar-refractivity contribution in [3.63, 3.8) is 0 Å². The molecule has 3 rings (SSSR count). The molecule has 0 N–H and O–H groups in total. The summed E-state index contributed by atoms with van der Waals surface area (Å²) in [5.41, 5.74) is 2.32. The third-order valence-electron chi connectivity index (χ3n) is 3.39. The van der Waals surface area contributed by atoms with Gasteiger partial charge in [0, 0.05) is 10.9 Å². The Morgan fingerprint density at radius 2 is 1.76 bits per heavy atom. The number of halogens is 1. The molecular formula is C16H13ClO3S. The molecular weight excluding hydrogens is 308 g/mol. The minimum atomic E-state index is -3.56. The van der Waals surface area contributed by atoms with Crippen LogP contribution in [0.3, 0.4) is 0 Å². The Balaban J connectivity index is 2.21. The molecule has 0 amide bonds. The third-order valence-corrected chi connectivity index (χ3v) is 5.42. The Labute approximate surface area is 128 Å². The number of fused-ring (bicyclic) bond motifs is 1. The second kappa shape index (κ2) is 5.20. The quantitative estimate of drug-likeness (QED) is 0.675. The zero-order valence-electron chi connectivity index (χ0n) is 11.3. The fourth-order valence-electron chi connectivity index (χ4n) is 2.23.